The van der Waals surface area contributed by atoms with Crippen LogP contribution in [-0.2, 0) is 0 Å². The Morgan fingerprint density at radius 1 is 0.389 bits per heavy atom. The van der Waals surface area contributed by atoms with Gasteiger partial charge in [0.15, 0.2) is 0 Å². The number of carbonyl (C=O) groups excluding carboxylic acids is 2. The van der Waals surface area contributed by atoms with Crippen LogP contribution >= 0.6 is 0 Å². The molecule has 0 atom stereocenters. The lowest BCUT2D eigenvalue weighted by atomic mass is 10.0. The van der Waals surface area contributed by atoms with Crippen molar-refractivity contribution < 1.29 is 19.1 Å². The fourth-order valence-corrected chi connectivity index (χ4v) is 4.29. The monoisotopic (exact) mass is 468 g/mol. The molecule has 6 aromatic carbocycles. The van der Waals surface area contributed by atoms with Gasteiger partial charge in [-0.1, -0.05) is 72.8 Å². The summed E-state index contributed by atoms with van der Waals surface area (Å²) in [6, 6.07) is 37.5. The van der Waals surface area contributed by atoms with Gasteiger partial charge in [-0.05, 0) is 80.8 Å². The Bertz CT molecular complexity index is 1650. The second-order valence-electron chi connectivity index (χ2n) is 8.57. The van der Waals surface area contributed by atoms with Crippen LogP contribution in [0, 0.1) is 0 Å². The zero-order chi connectivity index (χ0) is 24.5. The summed E-state index contributed by atoms with van der Waals surface area (Å²) in [5.74, 6) is 0.107. The van der Waals surface area contributed by atoms with E-state index in [0.717, 1.165) is 32.3 Å². The molecule has 0 radical (unpaired) electrons. The van der Waals surface area contributed by atoms with Crippen LogP contribution in [0.3, 0.4) is 0 Å². The third kappa shape index (κ3) is 4.28. The molecular weight excluding hydrogens is 448 g/mol. The predicted octanol–water partition coefficient (Wildman–Crippen LogP) is 7.58. The van der Waals surface area contributed by atoms with Gasteiger partial charge < -0.3 is 9.47 Å². The molecule has 0 heterocycles. The van der Waals surface area contributed by atoms with E-state index in [1.807, 2.05) is 72.8 Å². The first-order valence-electron chi connectivity index (χ1n) is 11.6. The van der Waals surface area contributed by atoms with E-state index in [1.165, 1.54) is 0 Å². The maximum absolute atomic E-state index is 12.8. The maximum Gasteiger partial charge on any atom is 0.343 e. The summed E-state index contributed by atoms with van der Waals surface area (Å²) >= 11 is 0. The quantitative estimate of drug-likeness (QED) is 0.198. The topological polar surface area (TPSA) is 52.6 Å². The van der Waals surface area contributed by atoms with E-state index in [2.05, 4.69) is 0 Å². The third-order valence-electron chi connectivity index (χ3n) is 6.17. The number of esters is 2. The first kappa shape index (κ1) is 21.6. The predicted molar refractivity (Wildman–Crippen MR) is 142 cm³/mol. The van der Waals surface area contributed by atoms with Crippen molar-refractivity contribution in [3.05, 3.63) is 132 Å². The summed E-state index contributed by atoms with van der Waals surface area (Å²) in [6.45, 7) is 0. The fraction of sp³-hybridized carbons (Fsp3) is 0. The molecule has 4 nitrogen and oxygen atoms in total. The second kappa shape index (κ2) is 9.01. The molecule has 0 aliphatic rings. The van der Waals surface area contributed by atoms with Crippen LogP contribution in [0.4, 0.5) is 0 Å². The van der Waals surface area contributed by atoms with Crippen molar-refractivity contribution in [3.8, 4) is 11.5 Å². The minimum atomic E-state index is -0.438. The van der Waals surface area contributed by atoms with Gasteiger partial charge in [-0.3, -0.25) is 0 Å². The number of hydrogen-bond acceptors (Lipinski definition) is 4. The first-order valence-corrected chi connectivity index (χ1v) is 11.6. The Morgan fingerprint density at radius 2 is 0.750 bits per heavy atom. The van der Waals surface area contributed by atoms with E-state index in [-0.39, 0.29) is 0 Å². The number of carbonyl (C=O) groups is 2. The van der Waals surface area contributed by atoms with Gasteiger partial charge in [0.2, 0.25) is 0 Å². The fourth-order valence-electron chi connectivity index (χ4n) is 4.29. The standard InChI is InChI=1S/C32H20O4/c33-31(35-29-15-13-21-5-1-3-7-23(21)19-29)27-11-9-26-18-28(12-10-25(26)17-27)32(34)36-30-16-14-22-6-2-4-8-24(22)20-30/h1-20H. The van der Waals surface area contributed by atoms with Crippen LogP contribution < -0.4 is 9.47 Å². The minimum Gasteiger partial charge on any atom is -0.423 e. The molecule has 172 valence electrons. The van der Waals surface area contributed by atoms with Crippen molar-refractivity contribution in [1.29, 1.82) is 0 Å². The van der Waals surface area contributed by atoms with E-state index in [1.54, 1.807) is 48.5 Å². The Hall–Kier alpha value is -4.96. The van der Waals surface area contributed by atoms with Crippen molar-refractivity contribution in [3.63, 3.8) is 0 Å². The highest BCUT2D eigenvalue weighted by atomic mass is 16.5. The van der Waals surface area contributed by atoms with E-state index >= 15 is 0 Å². The molecule has 0 unspecified atom stereocenters. The van der Waals surface area contributed by atoms with Gasteiger partial charge in [-0.25, -0.2) is 9.59 Å². The molecule has 0 amide bonds. The number of ether oxygens (including phenoxy) is 2. The SMILES string of the molecule is O=C(Oc1ccc2ccccc2c1)c1ccc2cc(C(=O)Oc3ccc4ccccc4c3)ccc2c1. The number of hydrogen-bond donors (Lipinski definition) is 0. The average molecular weight is 469 g/mol. The van der Waals surface area contributed by atoms with Crippen molar-refractivity contribution in [2.45, 2.75) is 0 Å². The van der Waals surface area contributed by atoms with Crippen LogP contribution in [0.5, 0.6) is 11.5 Å². The molecular formula is C32H20O4. The van der Waals surface area contributed by atoms with Gasteiger partial charge >= 0.3 is 11.9 Å². The van der Waals surface area contributed by atoms with Crippen molar-refractivity contribution >= 4 is 44.3 Å². The summed E-state index contributed by atoms with van der Waals surface area (Å²) in [6.07, 6.45) is 0. The van der Waals surface area contributed by atoms with Gasteiger partial charge in [-0.15, -0.1) is 0 Å². The van der Waals surface area contributed by atoms with Crippen molar-refractivity contribution in [1.82, 2.24) is 0 Å². The zero-order valence-electron chi connectivity index (χ0n) is 19.2. The normalized spacial score (nSPS) is 11.0. The molecule has 36 heavy (non-hydrogen) atoms. The Labute approximate surface area is 207 Å². The molecule has 0 N–H and O–H groups in total. The van der Waals surface area contributed by atoms with Crippen LogP contribution in [0.2, 0.25) is 0 Å². The van der Waals surface area contributed by atoms with Gasteiger partial charge in [-0.2, -0.15) is 0 Å². The second-order valence-corrected chi connectivity index (χ2v) is 8.57. The summed E-state index contributed by atoms with van der Waals surface area (Å²) in [5.41, 5.74) is 0.865. The number of fused-ring (bicyclic) bond motifs is 3. The van der Waals surface area contributed by atoms with Crippen LogP contribution in [-0.4, -0.2) is 11.9 Å². The molecule has 0 bridgehead atoms. The maximum atomic E-state index is 12.8. The summed E-state index contributed by atoms with van der Waals surface area (Å²) < 4.78 is 11.2. The van der Waals surface area contributed by atoms with Crippen LogP contribution in [0.1, 0.15) is 20.7 Å². The molecule has 0 aromatic heterocycles. The van der Waals surface area contributed by atoms with Gasteiger partial charge in [0.05, 0.1) is 11.1 Å². The molecule has 0 aliphatic heterocycles. The minimum absolute atomic E-state index is 0.433. The van der Waals surface area contributed by atoms with Gasteiger partial charge in [0.1, 0.15) is 11.5 Å². The number of benzene rings is 6. The smallest absolute Gasteiger partial charge is 0.343 e. The van der Waals surface area contributed by atoms with Gasteiger partial charge in [0, 0.05) is 0 Å². The Balaban J connectivity index is 1.20. The number of rotatable bonds is 4. The Kier molecular flexibility index (Phi) is 5.39. The lowest BCUT2D eigenvalue weighted by Crippen LogP contribution is -2.09. The van der Waals surface area contributed by atoms with E-state index in [0.29, 0.717) is 22.6 Å². The van der Waals surface area contributed by atoms with Gasteiger partial charge in [0.25, 0.3) is 0 Å². The molecule has 6 rings (SSSR count). The summed E-state index contributed by atoms with van der Waals surface area (Å²) in [7, 11) is 0. The molecule has 6 aromatic rings. The lowest BCUT2D eigenvalue weighted by molar-refractivity contribution is 0.0725. The Morgan fingerprint density at radius 3 is 1.19 bits per heavy atom. The highest BCUT2D eigenvalue weighted by molar-refractivity contribution is 6.00. The molecule has 0 spiro atoms. The largest absolute Gasteiger partial charge is 0.423 e. The summed E-state index contributed by atoms with van der Waals surface area (Å²) in [5, 5.41) is 5.82. The highest BCUT2D eigenvalue weighted by Gasteiger charge is 2.13. The molecule has 0 saturated heterocycles. The van der Waals surface area contributed by atoms with E-state index in [9.17, 15) is 9.59 Å². The third-order valence-corrected chi connectivity index (χ3v) is 6.17. The van der Waals surface area contributed by atoms with Crippen molar-refractivity contribution in [2.24, 2.45) is 0 Å². The van der Waals surface area contributed by atoms with Crippen LogP contribution in [0.25, 0.3) is 32.3 Å². The summed E-state index contributed by atoms with van der Waals surface area (Å²) in [4.78, 5) is 25.5. The molecule has 4 heteroatoms. The van der Waals surface area contributed by atoms with Crippen LogP contribution in [0.15, 0.2) is 121 Å². The molecule has 0 fully saturated rings. The molecule has 0 aliphatic carbocycles. The first-order chi connectivity index (χ1) is 17.6. The lowest BCUT2D eigenvalue weighted by Gasteiger charge is -2.08. The van der Waals surface area contributed by atoms with Crippen molar-refractivity contribution in [2.75, 3.05) is 0 Å². The van der Waals surface area contributed by atoms with E-state index < -0.39 is 11.9 Å². The highest BCUT2D eigenvalue weighted by Crippen LogP contribution is 2.25. The zero-order valence-corrected chi connectivity index (χ0v) is 19.2. The average Bonchev–Trinajstić information content (AvgIpc) is 2.92. The molecule has 0 saturated carbocycles. The van der Waals surface area contributed by atoms with E-state index in [4.69, 9.17) is 9.47 Å².